The van der Waals surface area contributed by atoms with E-state index in [-0.39, 0.29) is 5.54 Å². The van der Waals surface area contributed by atoms with Gasteiger partial charge in [0, 0.05) is 15.2 Å². The van der Waals surface area contributed by atoms with Crippen molar-refractivity contribution in [3.63, 3.8) is 0 Å². The summed E-state index contributed by atoms with van der Waals surface area (Å²) in [6, 6.07) is 2.10. The summed E-state index contributed by atoms with van der Waals surface area (Å²) in [5.74, 6) is 0. The molecule has 0 bridgehead atoms. The van der Waals surface area contributed by atoms with Crippen molar-refractivity contribution in [2.75, 3.05) is 0 Å². The normalized spacial score (nSPS) is 18.4. The minimum Gasteiger partial charge on any atom is -0.319 e. The molecule has 2 aromatic rings. The molecule has 3 rings (SSSR count). The highest BCUT2D eigenvalue weighted by Gasteiger charge is 2.37. The summed E-state index contributed by atoms with van der Waals surface area (Å²) in [5, 5.41) is 5.29. The summed E-state index contributed by atoms with van der Waals surface area (Å²) in [4.78, 5) is 5.88. The van der Waals surface area contributed by atoms with Gasteiger partial charge in [0.05, 0.1) is 16.1 Å². The van der Waals surface area contributed by atoms with Crippen molar-refractivity contribution in [2.24, 2.45) is 5.73 Å². The van der Waals surface area contributed by atoms with Crippen molar-refractivity contribution < 1.29 is 0 Å². The molecule has 2 heterocycles. The van der Waals surface area contributed by atoms with Crippen molar-refractivity contribution >= 4 is 38.6 Å². The van der Waals surface area contributed by atoms with Gasteiger partial charge in [-0.15, -0.1) is 22.7 Å². The topological polar surface area (TPSA) is 38.9 Å². The van der Waals surface area contributed by atoms with E-state index in [9.17, 15) is 0 Å². The summed E-state index contributed by atoms with van der Waals surface area (Å²) in [6.45, 7) is 0. The third-order valence-electron chi connectivity index (χ3n) is 3.00. The number of halogens is 1. The molecule has 0 atom stereocenters. The zero-order valence-corrected chi connectivity index (χ0v) is 11.8. The fourth-order valence-electron chi connectivity index (χ4n) is 1.83. The molecule has 1 saturated carbocycles. The first-order valence-corrected chi connectivity index (χ1v) is 7.72. The van der Waals surface area contributed by atoms with Gasteiger partial charge in [-0.05, 0) is 41.3 Å². The predicted octanol–water partition coefficient (Wildman–Crippen LogP) is 3.97. The van der Waals surface area contributed by atoms with E-state index in [0.29, 0.717) is 0 Å². The average Bonchev–Trinajstić information content (AvgIpc) is 2.82. The van der Waals surface area contributed by atoms with Crippen LogP contribution in [0.2, 0.25) is 0 Å². The van der Waals surface area contributed by atoms with Crippen LogP contribution in [0.3, 0.4) is 0 Å². The Morgan fingerprint density at radius 2 is 2.12 bits per heavy atom. The lowest BCUT2D eigenvalue weighted by molar-refractivity contribution is 0.253. The van der Waals surface area contributed by atoms with Crippen LogP contribution in [-0.2, 0) is 5.54 Å². The van der Waals surface area contributed by atoms with E-state index in [0.717, 1.165) is 28.0 Å². The number of rotatable bonds is 2. The highest BCUT2D eigenvalue weighted by Crippen LogP contribution is 2.41. The number of aromatic nitrogens is 1. The third-order valence-corrected chi connectivity index (χ3v) is 5.77. The average molecular weight is 315 g/mol. The van der Waals surface area contributed by atoms with Gasteiger partial charge in [-0.3, -0.25) is 0 Å². The van der Waals surface area contributed by atoms with E-state index in [1.54, 1.807) is 22.7 Å². The largest absolute Gasteiger partial charge is 0.319 e. The quantitative estimate of drug-likeness (QED) is 0.910. The molecule has 2 nitrogen and oxygen atoms in total. The van der Waals surface area contributed by atoms with Gasteiger partial charge in [-0.25, -0.2) is 4.98 Å². The van der Waals surface area contributed by atoms with Gasteiger partial charge >= 0.3 is 0 Å². The number of thiophene rings is 1. The molecule has 1 aliphatic rings. The second-order valence-corrected chi connectivity index (χ2v) is 6.86. The fourth-order valence-corrected chi connectivity index (χ4v) is 4.29. The molecule has 16 heavy (non-hydrogen) atoms. The lowest BCUT2D eigenvalue weighted by Crippen LogP contribution is -2.43. The van der Waals surface area contributed by atoms with Crippen molar-refractivity contribution in [3.05, 3.63) is 26.3 Å². The first-order chi connectivity index (χ1) is 7.67. The summed E-state index contributed by atoms with van der Waals surface area (Å²) in [7, 11) is 0. The molecule has 0 aromatic carbocycles. The standard InChI is InChI=1S/C11H11BrN2S2/c12-7-4-9(15-5-7)8-6-16-10(14-8)11(13)2-1-3-11/h4-6H,1-3,13H2. The first kappa shape index (κ1) is 10.9. The molecule has 0 aliphatic heterocycles. The lowest BCUT2D eigenvalue weighted by atomic mass is 9.78. The van der Waals surface area contributed by atoms with Crippen molar-refractivity contribution in [2.45, 2.75) is 24.8 Å². The number of hydrogen-bond donors (Lipinski definition) is 1. The van der Waals surface area contributed by atoms with Crippen LogP contribution in [0.4, 0.5) is 0 Å². The van der Waals surface area contributed by atoms with E-state index in [4.69, 9.17) is 5.73 Å². The van der Waals surface area contributed by atoms with Crippen LogP contribution in [0, 0.1) is 0 Å². The zero-order valence-electron chi connectivity index (χ0n) is 8.57. The maximum Gasteiger partial charge on any atom is 0.113 e. The summed E-state index contributed by atoms with van der Waals surface area (Å²) >= 11 is 6.86. The summed E-state index contributed by atoms with van der Waals surface area (Å²) in [6.07, 6.45) is 3.39. The van der Waals surface area contributed by atoms with Crippen LogP contribution >= 0.6 is 38.6 Å². The zero-order chi connectivity index (χ0) is 11.2. The number of hydrogen-bond acceptors (Lipinski definition) is 4. The molecule has 1 fully saturated rings. The molecule has 0 radical (unpaired) electrons. The van der Waals surface area contributed by atoms with Crippen molar-refractivity contribution in [3.8, 4) is 10.6 Å². The second kappa shape index (κ2) is 3.91. The maximum absolute atomic E-state index is 6.26. The molecule has 0 amide bonds. The molecular weight excluding hydrogens is 304 g/mol. The number of nitrogens with two attached hydrogens (primary N) is 1. The van der Waals surface area contributed by atoms with Crippen LogP contribution in [0.25, 0.3) is 10.6 Å². The third kappa shape index (κ3) is 1.76. The highest BCUT2D eigenvalue weighted by atomic mass is 79.9. The van der Waals surface area contributed by atoms with Crippen molar-refractivity contribution in [1.29, 1.82) is 0 Å². The molecule has 0 saturated heterocycles. The summed E-state index contributed by atoms with van der Waals surface area (Å²) in [5.41, 5.74) is 7.20. The molecule has 2 N–H and O–H groups in total. The van der Waals surface area contributed by atoms with Gasteiger partial charge < -0.3 is 5.73 Å². The van der Waals surface area contributed by atoms with E-state index in [2.05, 4.69) is 37.7 Å². The molecule has 2 aromatic heterocycles. The van der Waals surface area contributed by atoms with Crippen LogP contribution in [0.5, 0.6) is 0 Å². The van der Waals surface area contributed by atoms with Crippen LogP contribution in [0.1, 0.15) is 24.3 Å². The first-order valence-electron chi connectivity index (χ1n) is 5.17. The van der Waals surface area contributed by atoms with Crippen LogP contribution in [0.15, 0.2) is 21.3 Å². The van der Waals surface area contributed by atoms with Gasteiger partial charge in [0.2, 0.25) is 0 Å². The van der Waals surface area contributed by atoms with Crippen LogP contribution in [-0.4, -0.2) is 4.98 Å². The lowest BCUT2D eigenvalue weighted by Gasteiger charge is -2.35. The monoisotopic (exact) mass is 314 g/mol. The van der Waals surface area contributed by atoms with Gasteiger partial charge in [-0.2, -0.15) is 0 Å². The van der Waals surface area contributed by atoms with Crippen LogP contribution < -0.4 is 5.73 Å². The molecule has 0 spiro atoms. The minimum absolute atomic E-state index is 0.128. The van der Waals surface area contributed by atoms with E-state index in [1.807, 2.05) is 0 Å². The SMILES string of the molecule is NC1(c2nc(-c3cc(Br)cs3)cs2)CCC1. The Morgan fingerprint density at radius 3 is 2.69 bits per heavy atom. The van der Waals surface area contributed by atoms with Gasteiger partial charge in [-0.1, -0.05) is 0 Å². The molecule has 1 aliphatic carbocycles. The summed E-state index contributed by atoms with van der Waals surface area (Å²) < 4.78 is 1.12. The fraction of sp³-hybridized carbons (Fsp3) is 0.364. The maximum atomic E-state index is 6.26. The Balaban J connectivity index is 1.93. The molecule has 84 valence electrons. The second-order valence-electron chi connectivity index (χ2n) is 4.18. The minimum atomic E-state index is -0.128. The molecule has 5 heteroatoms. The Hall–Kier alpha value is -0.230. The number of nitrogens with zero attached hydrogens (tertiary/aromatic N) is 1. The van der Waals surface area contributed by atoms with Gasteiger partial charge in [0.1, 0.15) is 5.01 Å². The number of thiazole rings is 1. The Labute approximate surface area is 111 Å². The highest BCUT2D eigenvalue weighted by molar-refractivity contribution is 9.10. The smallest absolute Gasteiger partial charge is 0.113 e. The predicted molar refractivity (Wildman–Crippen MR) is 72.8 cm³/mol. The van der Waals surface area contributed by atoms with Gasteiger partial charge in [0.15, 0.2) is 0 Å². The van der Waals surface area contributed by atoms with E-state index in [1.165, 1.54) is 11.3 Å². The Bertz CT molecular complexity index is 514. The Kier molecular flexibility index (Phi) is 2.66. The van der Waals surface area contributed by atoms with Gasteiger partial charge in [0.25, 0.3) is 0 Å². The molecule has 0 unspecified atom stereocenters. The Morgan fingerprint density at radius 1 is 1.31 bits per heavy atom. The van der Waals surface area contributed by atoms with E-state index < -0.39 is 0 Å². The molecular formula is C11H11BrN2S2. The van der Waals surface area contributed by atoms with Crippen molar-refractivity contribution in [1.82, 2.24) is 4.98 Å². The van der Waals surface area contributed by atoms with E-state index >= 15 is 0 Å².